The van der Waals surface area contributed by atoms with Crippen molar-refractivity contribution in [1.82, 2.24) is 19.7 Å². The van der Waals surface area contributed by atoms with Crippen molar-refractivity contribution >= 4 is 5.91 Å². The first-order valence-electron chi connectivity index (χ1n) is 9.60. The average Bonchev–Trinajstić information content (AvgIpc) is 3.23. The normalized spacial score (nSPS) is 19.9. The molecule has 138 valence electrons. The number of amides is 1. The maximum absolute atomic E-state index is 13.0. The zero-order valence-electron chi connectivity index (χ0n) is 15.4. The van der Waals surface area contributed by atoms with Crippen LogP contribution in [0.1, 0.15) is 55.4 Å². The van der Waals surface area contributed by atoms with Crippen LogP contribution in [0.15, 0.2) is 24.3 Å². The van der Waals surface area contributed by atoms with E-state index in [1.807, 2.05) is 29.2 Å². The van der Waals surface area contributed by atoms with E-state index in [1.165, 1.54) is 19.3 Å². The fraction of sp³-hybridized carbons (Fsp3) is 0.550. The second-order valence-corrected chi connectivity index (χ2v) is 7.21. The van der Waals surface area contributed by atoms with Gasteiger partial charge in [0.05, 0.1) is 19.6 Å². The van der Waals surface area contributed by atoms with E-state index in [2.05, 4.69) is 14.8 Å². The van der Waals surface area contributed by atoms with Crippen molar-refractivity contribution in [2.75, 3.05) is 13.7 Å². The van der Waals surface area contributed by atoms with E-state index < -0.39 is 0 Å². The minimum atomic E-state index is 0.0625. The van der Waals surface area contributed by atoms with Gasteiger partial charge in [0.25, 0.3) is 0 Å². The summed E-state index contributed by atoms with van der Waals surface area (Å²) in [5, 5.41) is 8.91. The molecule has 2 aliphatic rings. The molecule has 6 nitrogen and oxygen atoms in total. The first-order valence-corrected chi connectivity index (χ1v) is 9.60. The number of hydrogen-bond acceptors (Lipinski definition) is 4. The summed E-state index contributed by atoms with van der Waals surface area (Å²) in [6, 6.07) is 7.81. The van der Waals surface area contributed by atoms with Gasteiger partial charge in [-0.3, -0.25) is 4.79 Å². The van der Waals surface area contributed by atoms with Crippen LogP contribution in [0.5, 0.6) is 5.75 Å². The first-order chi connectivity index (χ1) is 12.8. The Morgan fingerprint density at radius 2 is 2.12 bits per heavy atom. The van der Waals surface area contributed by atoms with E-state index in [0.29, 0.717) is 6.42 Å². The molecule has 6 heteroatoms. The molecule has 0 saturated carbocycles. The second-order valence-electron chi connectivity index (χ2n) is 7.21. The quantitative estimate of drug-likeness (QED) is 0.847. The van der Waals surface area contributed by atoms with Crippen molar-refractivity contribution in [2.24, 2.45) is 0 Å². The van der Waals surface area contributed by atoms with Gasteiger partial charge in [-0.15, -0.1) is 10.2 Å². The maximum atomic E-state index is 13.0. The fourth-order valence-electron chi connectivity index (χ4n) is 4.15. The van der Waals surface area contributed by atoms with Crippen LogP contribution < -0.4 is 4.74 Å². The van der Waals surface area contributed by atoms with Crippen LogP contribution in [-0.2, 0) is 24.2 Å². The summed E-state index contributed by atoms with van der Waals surface area (Å²) in [6.07, 6.45) is 6.99. The lowest BCUT2D eigenvalue weighted by Gasteiger charge is -2.25. The lowest BCUT2D eigenvalue weighted by Crippen LogP contribution is -2.33. The number of methoxy groups -OCH3 is 1. The van der Waals surface area contributed by atoms with Gasteiger partial charge in [0.15, 0.2) is 5.82 Å². The summed E-state index contributed by atoms with van der Waals surface area (Å²) >= 11 is 0. The number of hydrogen-bond donors (Lipinski definition) is 0. The largest absolute Gasteiger partial charge is 0.497 e. The number of rotatable bonds is 4. The molecule has 0 radical (unpaired) electrons. The lowest BCUT2D eigenvalue weighted by molar-refractivity contribution is -0.131. The average molecular weight is 354 g/mol. The Morgan fingerprint density at radius 1 is 1.19 bits per heavy atom. The highest BCUT2D eigenvalue weighted by molar-refractivity contribution is 5.79. The molecule has 2 aromatic rings. The van der Waals surface area contributed by atoms with Crippen LogP contribution in [-0.4, -0.2) is 39.2 Å². The van der Waals surface area contributed by atoms with Crippen LogP contribution in [0.3, 0.4) is 0 Å². The summed E-state index contributed by atoms with van der Waals surface area (Å²) in [4.78, 5) is 15.0. The number of ether oxygens (including phenoxy) is 1. The number of aromatic nitrogens is 3. The van der Waals surface area contributed by atoms with Gasteiger partial charge in [-0.2, -0.15) is 0 Å². The van der Waals surface area contributed by atoms with E-state index in [1.54, 1.807) is 7.11 Å². The van der Waals surface area contributed by atoms with Crippen molar-refractivity contribution < 1.29 is 9.53 Å². The van der Waals surface area contributed by atoms with Gasteiger partial charge in [-0.25, -0.2) is 0 Å². The zero-order chi connectivity index (χ0) is 17.9. The highest BCUT2D eigenvalue weighted by Crippen LogP contribution is 2.33. The molecule has 3 heterocycles. The molecule has 1 aromatic carbocycles. The zero-order valence-corrected chi connectivity index (χ0v) is 15.4. The van der Waals surface area contributed by atoms with Crippen LogP contribution in [0.4, 0.5) is 0 Å². The molecule has 1 fully saturated rings. The van der Waals surface area contributed by atoms with E-state index >= 15 is 0 Å². The number of likely N-dealkylation sites (tertiary alicyclic amines) is 1. The lowest BCUT2D eigenvalue weighted by atomic mass is 10.1. The van der Waals surface area contributed by atoms with Crippen molar-refractivity contribution in [3.63, 3.8) is 0 Å². The van der Waals surface area contributed by atoms with Crippen molar-refractivity contribution in [3.05, 3.63) is 41.5 Å². The number of fused-ring (bicyclic) bond motifs is 1. The Bertz CT molecular complexity index is 786. The molecule has 1 atom stereocenters. The Balaban J connectivity index is 1.53. The van der Waals surface area contributed by atoms with Crippen molar-refractivity contribution in [2.45, 2.75) is 57.5 Å². The van der Waals surface area contributed by atoms with Crippen molar-refractivity contribution in [1.29, 1.82) is 0 Å². The number of nitrogens with zero attached hydrogens (tertiary/aromatic N) is 4. The number of carbonyl (C=O) groups excluding carboxylic acids is 1. The molecular formula is C20H26N4O2. The van der Waals surface area contributed by atoms with Gasteiger partial charge < -0.3 is 14.2 Å². The van der Waals surface area contributed by atoms with Crippen LogP contribution in [0, 0.1) is 0 Å². The SMILES string of the molecule is COc1cccc(CC(=O)N2CCCC2c2nnc3n2CCCCC3)c1. The first kappa shape index (κ1) is 17.1. The van der Waals surface area contributed by atoms with Gasteiger partial charge in [-0.05, 0) is 43.4 Å². The molecule has 1 unspecified atom stereocenters. The second kappa shape index (κ2) is 7.48. The third-order valence-corrected chi connectivity index (χ3v) is 5.50. The Kier molecular flexibility index (Phi) is 4.91. The summed E-state index contributed by atoms with van der Waals surface area (Å²) in [5.74, 6) is 3.02. The van der Waals surface area contributed by atoms with Gasteiger partial charge in [0.2, 0.25) is 5.91 Å². The maximum Gasteiger partial charge on any atom is 0.227 e. The van der Waals surface area contributed by atoms with Crippen molar-refractivity contribution in [3.8, 4) is 5.75 Å². The Labute approximate surface area is 154 Å². The van der Waals surface area contributed by atoms with Gasteiger partial charge >= 0.3 is 0 Å². The summed E-state index contributed by atoms with van der Waals surface area (Å²) in [7, 11) is 1.65. The third kappa shape index (κ3) is 3.32. The molecule has 4 rings (SSSR count). The van der Waals surface area contributed by atoms with E-state index in [0.717, 1.165) is 55.3 Å². The highest BCUT2D eigenvalue weighted by atomic mass is 16.5. The summed E-state index contributed by atoms with van der Waals surface area (Å²) in [6.45, 7) is 1.78. The Morgan fingerprint density at radius 3 is 3.00 bits per heavy atom. The minimum Gasteiger partial charge on any atom is -0.497 e. The molecule has 1 amide bonds. The van der Waals surface area contributed by atoms with E-state index in [9.17, 15) is 4.79 Å². The van der Waals surface area contributed by atoms with Gasteiger partial charge in [0, 0.05) is 19.5 Å². The summed E-state index contributed by atoms with van der Waals surface area (Å²) < 4.78 is 7.54. The molecule has 26 heavy (non-hydrogen) atoms. The predicted molar refractivity (Wildman–Crippen MR) is 98.0 cm³/mol. The number of aryl methyl sites for hydroxylation is 1. The fourth-order valence-corrected chi connectivity index (χ4v) is 4.15. The molecule has 0 aliphatic carbocycles. The molecule has 0 spiro atoms. The van der Waals surface area contributed by atoms with Gasteiger partial charge in [-0.1, -0.05) is 18.6 Å². The predicted octanol–water partition coefficient (Wildman–Crippen LogP) is 2.92. The molecular weight excluding hydrogens is 328 g/mol. The number of carbonyl (C=O) groups is 1. The standard InChI is InChI=1S/C20H26N4O2/c1-26-16-8-5-7-15(13-16)14-19(25)23-12-6-9-17(23)20-22-21-18-10-3-2-4-11-24(18)20/h5,7-8,13,17H,2-4,6,9-12,14H2,1H3. The van der Waals surface area contributed by atoms with E-state index in [-0.39, 0.29) is 11.9 Å². The molecule has 1 aromatic heterocycles. The van der Waals surface area contributed by atoms with Crippen LogP contribution in [0.2, 0.25) is 0 Å². The van der Waals surface area contributed by atoms with Gasteiger partial charge in [0.1, 0.15) is 11.6 Å². The molecule has 1 saturated heterocycles. The topological polar surface area (TPSA) is 60.2 Å². The third-order valence-electron chi connectivity index (χ3n) is 5.50. The molecule has 0 N–H and O–H groups in total. The minimum absolute atomic E-state index is 0.0625. The smallest absolute Gasteiger partial charge is 0.227 e. The van der Waals surface area contributed by atoms with E-state index in [4.69, 9.17) is 4.74 Å². The Hall–Kier alpha value is -2.37. The van der Waals surface area contributed by atoms with Crippen LogP contribution in [0.25, 0.3) is 0 Å². The highest BCUT2D eigenvalue weighted by Gasteiger charge is 2.34. The summed E-state index contributed by atoms with van der Waals surface area (Å²) in [5.41, 5.74) is 0.986. The monoisotopic (exact) mass is 354 g/mol. The molecule has 2 aliphatic heterocycles. The molecule has 0 bridgehead atoms. The number of benzene rings is 1. The van der Waals surface area contributed by atoms with Crippen LogP contribution >= 0.6 is 0 Å².